The summed E-state index contributed by atoms with van der Waals surface area (Å²) in [6.07, 6.45) is 6.51. The van der Waals surface area contributed by atoms with Gasteiger partial charge in [0, 0.05) is 62.7 Å². The molecule has 10 heteroatoms. The second-order valence-electron chi connectivity index (χ2n) is 8.69. The average Bonchev–Trinajstić information content (AvgIpc) is 3.06. The van der Waals surface area contributed by atoms with Gasteiger partial charge >= 0.3 is 0 Å². The molecule has 0 spiro atoms. The highest BCUT2D eigenvalue weighted by molar-refractivity contribution is 7.89. The Hall–Kier alpha value is -2.10. The van der Waals surface area contributed by atoms with Crippen LogP contribution < -0.4 is 4.90 Å². The summed E-state index contributed by atoms with van der Waals surface area (Å²) in [7, 11) is -3.90. The number of amides is 1. The zero-order valence-electron chi connectivity index (χ0n) is 19.1. The van der Waals surface area contributed by atoms with E-state index in [1.54, 1.807) is 15.8 Å². The summed E-state index contributed by atoms with van der Waals surface area (Å²) < 4.78 is 30.3. The number of aromatic nitrogens is 2. The van der Waals surface area contributed by atoms with Crippen molar-refractivity contribution in [3.05, 3.63) is 41.0 Å². The van der Waals surface area contributed by atoms with Crippen LogP contribution in [0.15, 0.2) is 35.5 Å². The fourth-order valence-electron chi connectivity index (χ4n) is 4.51. The summed E-state index contributed by atoms with van der Waals surface area (Å²) in [4.78, 5) is 17.3. The number of piperazine rings is 1. The minimum atomic E-state index is -3.90. The first-order valence-corrected chi connectivity index (χ1v) is 13.6. The number of carbonyl (C=O) groups excluding carboxylic acids is 1. The van der Waals surface area contributed by atoms with Gasteiger partial charge in [0.15, 0.2) is 0 Å². The van der Waals surface area contributed by atoms with Crippen molar-refractivity contribution in [1.82, 2.24) is 19.0 Å². The standard InChI is InChI=1S/C23H32ClN5O3S/c1-2-10-28-18-21(23(30)27-11-5-3-4-6-12-27)22(25-28)33(31,32)29-15-13-26(14-16-29)20-9-7-8-19(24)17-20/h7-9,17-18H,2-6,10-16H2,1H3. The first-order chi connectivity index (χ1) is 15.9. The fraction of sp³-hybridized carbons (Fsp3) is 0.565. The Morgan fingerprint density at radius 1 is 1.03 bits per heavy atom. The zero-order chi connectivity index (χ0) is 23.4. The zero-order valence-corrected chi connectivity index (χ0v) is 20.7. The summed E-state index contributed by atoms with van der Waals surface area (Å²) in [5.41, 5.74) is 1.17. The highest BCUT2D eigenvalue weighted by Gasteiger charge is 2.36. The monoisotopic (exact) mass is 493 g/mol. The molecule has 1 aromatic carbocycles. The number of aryl methyl sites for hydroxylation is 1. The first-order valence-electron chi connectivity index (χ1n) is 11.8. The molecule has 0 aliphatic carbocycles. The minimum absolute atomic E-state index is 0.110. The molecule has 2 aliphatic rings. The SMILES string of the molecule is CCCn1cc(C(=O)N2CCCCCC2)c(S(=O)(=O)N2CCN(c3cccc(Cl)c3)CC2)n1. The maximum Gasteiger partial charge on any atom is 0.263 e. The Balaban J connectivity index is 1.56. The van der Waals surface area contributed by atoms with Gasteiger partial charge in [-0.15, -0.1) is 0 Å². The Bertz CT molecular complexity index is 1070. The van der Waals surface area contributed by atoms with Crippen LogP contribution >= 0.6 is 11.6 Å². The molecule has 0 saturated carbocycles. The van der Waals surface area contributed by atoms with Crippen molar-refractivity contribution in [3.8, 4) is 0 Å². The molecule has 3 heterocycles. The van der Waals surface area contributed by atoms with Crippen LogP contribution in [-0.4, -0.2) is 72.6 Å². The van der Waals surface area contributed by atoms with E-state index in [9.17, 15) is 13.2 Å². The van der Waals surface area contributed by atoms with Gasteiger partial charge in [0.25, 0.3) is 15.9 Å². The molecule has 180 valence electrons. The molecule has 0 bridgehead atoms. The second kappa shape index (κ2) is 10.4. The van der Waals surface area contributed by atoms with E-state index in [0.29, 0.717) is 50.8 Å². The van der Waals surface area contributed by atoms with Crippen LogP contribution in [0.3, 0.4) is 0 Å². The van der Waals surface area contributed by atoms with Crippen LogP contribution in [0.4, 0.5) is 5.69 Å². The van der Waals surface area contributed by atoms with E-state index in [1.165, 1.54) is 4.31 Å². The van der Waals surface area contributed by atoms with Gasteiger partial charge in [-0.3, -0.25) is 9.48 Å². The van der Waals surface area contributed by atoms with Gasteiger partial charge in [-0.1, -0.05) is 37.4 Å². The van der Waals surface area contributed by atoms with E-state index in [2.05, 4.69) is 10.00 Å². The van der Waals surface area contributed by atoms with E-state index in [0.717, 1.165) is 37.8 Å². The van der Waals surface area contributed by atoms with Crippen LogP contribution in [0.25, 0.3) is 0 Å². The highest BCUT2D eigenvalue weighted by Crippen LogP contribution is 2.26. The lowest BCUT2D eigenvalue weighted by molar-refractivity contribution is 0.0757. The molecule has 0 atom stereocenters. The predicted octanol–water partition coefficient (Wildman–Crippen LogP) is 3.47. The quantitative estimate of drug-likeness (QED) is 0.615. The number of halogens is 1. The number of benzene rings is 1. The summed E-state index contributed by atoms with van der Waals surface area (Å²) in [6, 6.07) is 7.57. The fourth-order valence-corrected chi connectivity index (χ4v) is 6.21. The normalized spacial score (nSPS) is 18.4. The molecule has 2 aliphatic heterocycles. The van der Waals surface area contributed by atoms with Crippen molar-refractivity contribution in [3.63, 3.8) is 0 Å². The molecule has 0 unspecified atom stereocenters. The number of anilines is 1. The van der Waals surface area contributed by atoms with Crippen molar-refractivity contribution < 1.29 is 13.2 Å². The number of likely N-dealkylation sites (tertiary alicyclic amines) is 1. The van der Waals surface area contributed by atoms with Crippen LogP contribution in [-0.2, 0) is 16.6 Å². The number of rotatable bonds is 6. The number of sulfonamides is 1. The first kappa shape index (κ1) is 24.0. The van der Waals surface area contributed by atoms with Crippen LogP contribution in [0.1, 0.15) is 49.4 Å². The van der Waals surface area contributed by atoms with E-state index >= 15 is 0 Å². The molecule has 2 aromatic rings. The van der Waals surface area contributed by atoms with Gasteiger partial charge in [-0.2, -0.15) is 9.40 Å². The molecule has 2 fully saturated rings. The number of carbonyl (C=O) groups is 1. The van der Waals surface area contributed by atoms with Gasteiger partial charge in [-0.25, -0.2) is 8.42 Å². The highest BCUT2D eigenvalue weighted by atomic mass is 35.5. The van der Waals surface area contributed by atoms with Gasteiger partial charge in [0.1, 0.15) is 0 Å². The lowest BCUT2D eigenvalue weighted by atomic mass is 10.2. The smallest absolute Gasteiger partial charge is 0.263 e. The Kier molecular flexibility index (Phi) is 7.61. The molecule has 2 saturated heterocycles. The van der Waals surface area contributed by atoms with Crippen molar-refractivity contribution in [1.29, 1.82) is 0 Å². The van der Waals surface area contributed by atoms with Crippen molar-refractivity contribution in [2.75, 3.05) is 44.2 Å². The lowest BCUT2D eigenvalue weighted by Crippen LogP contribution is -2.49. The third kappa shape index (κ3) is 5.36. The number of nitrogens with zero attached hydrogens (tertiary/aromatic N) is 5. The maximum absolute atomic E-state index is 13.6. The molecular formula is C23H32ClN5O3S. The predicted molar refractivity (Wildman–Crippen MR) is 129 cm³/mol. The third-order valence-corrected chi connectivity index (χ3v) is 8.37. The Morgan fingerprint density at radius 2 is 1.73 bits per heavy atom. The van der Waals surface area contributed by atoms with Crippen molar-refractivity contribution in [2.45, 2.75) is 50.6 Å². The van der Waals surface area contributed by atoms with Gasteiger partial charge < -0.3 is 9.80 Å². The summed E-state index contributed by atoms with van der Waals surface area (Å²) in [5, 5.41) is 4.93. The van der Waals surface area contributed by atoms with Crippen molar-refractivity contribution in [2.24, 2.45) is 0 Å². The van der Waals surface area contributed by atoms with Gasteiger partial charge in [-0.05, 0) is 37.5 Å². The van der Waals surface area contributed by atoms with Gasteiger partial charge in [0.05, 0.1) is 5.56 Å². The molecule has 4 rings (SSSR count). The summed E-state index contributed by atoms with van der Waals surface area (Å²) in [5.74, 6) is -0.226. The van der Waals surface area contributed by atoms with Gasteiger partial charge in [0.2, 0.25) is 5.03 Å². The molecular weight excluding hydrogens is 462 g/mol. The molecule has 1 amide bonds. The average molecular weight is 494 g/mol. The number of hydrogen-bond acceptors (Lipinski definition) is 5. The van der Waals surface area contributed by atoms with E-state index in [-0.39, 0.29) is 16.5 Å². The van der Waals surface area contributed by atoms with E-state index < -0.39 is 10.0 Å². The molecule has 0 radical (unpaired) electrons. The largest absolute Gasteiger partial charge is 0.369 e. The summed E-state index contributed by atoms with van der Waals surface area (Å²) in [6.45, 7) is 5.64. The van der Waals surface area contributed by atoms with Crippen LogP contribution in [0, 0.1) is 0 Å². The second-order valence-corrected chi connectivity index (χ2v) is 11.0. The summed E-state index contributed by atoms with van der Waals surface area (Å²) >= 11 is 6.12. The molecule has 0 N–H and O–H groups in total. The van der Waals surface area contributed by atoms with Crippen molar-refractivity contribution >= 4 is 33.2 Å². The minimum Gasteiger partial charge on any atom is -0.369 e. The van der Waals surface area contributed by atoms with Crippen LogP contribution in [0.5, 0.6) is 0 Å². The Labute approximate surface area is 201 Å². The third-order valence-electron chi connectivity index (χ3n) is 6.30. The maximum atomic E-state index is 13.6. The molecule has 1 aromatic heterocycles. The Morgan fingerprint density at radius 3 is 2.36 bits per heavy atom. The number of hydrogen-bond donors (Lipinski definition) is 0. The molecule has 33 heavy (non-hydrogen) atoms. The van der Waals surface area contributed by atoms with E-state index in [4.69, 9.17) is 11.6 Å². The molecule has 8 nitrogen and oxygen atoms in total. The lowest BCUT2D eigenvalue weighted by Gasteiger charge is -2.35. The van der Waals surface area contributed by atoms with E-state index in [1.807, 2.05) is 31.2 Å². The topological polar surface area (TPSA) is 78.8 Å². The van der Waals surface area contributed by atoms with Crippen LogP contribution in [0.2, 0.25) is 5.02 Å².